The molecule has 1 N–H and O–H groups in total. The number of hydrogen-bond donors (Lipinski definition) is 1. The molecule has 0 atom stereocenters. The predicted octanol–water partition coefficient (Wildman–Crippen LogP) is 3.22. The lowest BCUT2D eigenvalue weighted by Crippen LogP contribution is -2.23. The number of nitrogens with one attached hydrogen (secondary N) is 1. The van der Waals surface area contributed by atoms with E-state index in [9.17, 15) is 4.79 Å². The minimum Gasteiger partial charge on any atom is -0.352 e. The average molecular weight is 393 g/mol. The maximum atomic E-state index is 12.1. The average Bonchev–Trinajstić information content (AvgIpc) is 3.25. The van der Waals surface area contributed by atoms with Crippen LogP contribution in [-0.4, -0.2) is 39.0 Å². The molecule has 0 unspecified atom stereocenters. The van der Waals surface area contributed by atoms with Crippen molar-refractivity contribution in [1.29, 1.82) is 0 Å². The zero-order chi connectivity index (χ0) is 20.5. The fourth-order valence-corrected chi connectivity index (χ4v) is 2.95. The van der Waals surface area contributed by atoms with Crippen molar-refractivity contribution in [3.8, 4) is 11.4 Å². The first-order chi connectivity index (χ1) is 14.2. The topological polar surface area (TPSA) is 84.2 Å². The van der Waals surface area contributed by atoms with Crippen molar-refractivity contribution >= 4 is 5.91 Å². The number of rotatable bonds is 10. The Labute approximate surface area is 171 Å². The summed E-state index contributed by atoms with van der Waals surface area (Å²) in [5.74, 6) is 0.886. The first-order valence-electron chi connectivity index (χ1n) is 9.97. The van der Waals surface area contributed by atoms with Crippen LogP contribution in [0.25, 0.3) is 11.4 Å². The fourth-order valence-electron chi connectivity index (χ4n) is 2.95. The molecule has 1 amide bonds. The third-order valence-corrected chi connectivity index (χ3v) is 4.77. The number of aromatic nitrogens is 3. The molecule has 2 aromatic heterocycles. The maximum absolute atomic E-state index is 12.1. The number of pyridine rings is 1. The number of amides is 1. The summed E-state index contributed by atoms with van der Waals surface area (Å²) in [4.78, 5) is 22.9. The monoisotopic (exact) mass is 393 g/mol. The first kappa shape index (κ1) is 20.7. The van der Waals surface area contributed by atoms with Gasteiger partial charge in [0, 0.05) is 43.9 Å². The third-order valence-electron chi connectivity index (χ3n) is 4.77. The first-order valence-corrected chi connectivity index (χ1v) is 9.97. The van der Waals surface area contributed by atoms with Gasteiger partial charge in [-0.25, -0.2) is 0 Å². The number of hydrogen-bond acceptors (Lipinski definition) is 6. The highest BCUT2D eigenvalue weighted by Gasteiger charge is 2.11. The molecule has 29 heavy (non-hydrogen) atoms. The lowest BCUT2D eigenvalue weighted by atomic mass is 10.1. The van der Waals surface area contributed by atoms with Crippen molar-refractivity contribution < 1.29 is 9.32 Å². The lowest BCUT2D eigenvalue weighted by molar-refractivity contribution is -0.121. The van der Waals surface area contributed by atoms with E-state index >= 15 is 0 Å². The van der Waals surface area contributed by atoms with Gasteiger partial charge in [0.25, 0.3) is 0 Å². The number of carbonyl (C=O) groups excluding carboxylic acids is 1. The normalized spacial score (nSPS) is 11.0. The summed E-state index contributed by atoms with van der Waals surface area (Å²) in [6.07, 6.45) is 4.07. The molecular weight excluding hydrogens is 366 g/mol. The van der Waals surface area contributed by atoms with Crippen molar-refractivity contribution in [2.45, 2.75) is 39.8 Å². The van der Waals surface area contributed by atoms with Crippen molar-refractivity contribution in [2.75, 3.05) is 13.1 Å². The van der Waals surface area contributed by atoms with Crippen LogP contribution in [0.15, 0.2) is 53.3 Å². The van der Waals surface area contributed by atoms with Crippen LogP contribution >= 0.6 is 0 Å². The molecular formula is C22H27N5O2. The molecule has 2 heterocycles. The van der Waals surface area contributed by atoms with Gasteiger partial charge in [0.15, 0.2) is 0 Å². The van der Waals surface area contributed by atoms with E-state index in [0.717, 1.165) is 30.8 Å². The fraction of sp³-hybridized carbons (Fsp3) is 0.364. The standard InChI is InChI=1S/C22H27N5O2/c1-3-27(4-2)16-18-9-7-17(8-10-18)14-24-20(28)11-12-21-25-22(26-29-21)19-6-5-13-23-15-19/h5-10,13,15H,3-4,11-12,14,16H2,1-2H3,(H,24,28). The molecule has 1 aromatic carbocycles. The van der Waals surface area contributed by atoms with Gasteiger partial charge in [0.2, 0.25) is 17.6 Å². The number of aryl methyl sites for hydroxylation is 1. The van der Waals surface area contributed by atoms with Gasteiger partial charge >= 0.3 is 0 Å². The van der Waals surface area contributed by atoms with E-state index in [1.54, 1.807) is 12.4 Å². The van der Waals surface area contributed by atoms with Gasteiger partial charge in [0.1, 0.15) is 0 Å². The summed E-state index contributed by atoms with van der Waals surface area (Å²) in [6, 6.07) is 12.1. The Kier molecular flexibility index (Phi) is 7.47. The number of benzene rings is 1. The molecule has 0 aliphatic rings. The molecule has 0 aliphatic heterocycles. The van der Waals surface area contributed by atoms with Crippen molar-refractivity contribution in [3.05, 3.63) is 65.8 Å². The smallest absolute Gasteiger partial charge is 0.227 e. The van der Waals surface area contributed by atoms with E-state index in [1.165, 1.54) is 5.56 Å². The predicted molar refractivity (Wildman–Crippen MR) is 111 cm³/mol. The Morgan fingerprint density at radius 2 is 1.86 bits per heavy atom. The largest absolute Gasteiger partial charge is 0.352 e. The molecule has 0 bridgehead atoms. The summed E-state index contributed by atoms with van der Waals surface area (Å²) in [6.45, 7) is 7.87. The van der Waals surface area contributed by atoms with Gasteiger partial charge < -0.3 is 9.84 Å². The highest BCUT2D eigenvalue weighted by atomic mass is 16.5. The quantitative estimate of drug-likeness (QED) is 0.569. The zero-order valence-corrected chi connectivity index (χ0v) is 17.0. The molecule has 0 radical (unpaired) electrons. The summed E-state index contributed by atoms with van der Waals surface area (Å²) >= 11 is 0. The van der Waals surface area contributed by atoms with Gasteiger partial charge in [-0.15, -0.1) is 0 Å². The van der Waals surface area contributed by atoms with Crippen LogP contribution in [0.2, 0.25) is 0 Å². The second-order valence-corrected chi connectivity index (χ2v) is 6.81. The summed E-state index contributed by atoms with van der Waals surface area (Å²) in [5, 5.41) is 6.88. The van der Waals surface area contributed by atoms with Crippen molar-refractivity contribution in [2.24, 2.45) is 0 Å². The van der Waals surface area contributed by atoms with Crippen LogP contribution in [0.3, 0.4) is 0 Å². The summed E-state index contributed by atoms with van der Waals surface area (Å²) in [7, 11) is 0. The van der Waals surface area contributed by atoms with Crippen molar-refractivity contribution in [3.63, 3.8) is 0 Å². The lowest BCUT2D eigenvalue weighted by Gasteiger charge is -2.18. The second-order valence-electron chi connectivity index (χ2n) is 6.81. The number of nitrogens with zero attached hydrogens (tertiary/aromatic N) is 4. The Hall–Kier alpha value is -3.06. The zero-order valence-electron chi connectivity index (χ0n) is 17.0. The van der Waals surface area contributed by atoms with E-state index in [0.29, 0.717) is 31.1 Å². The third kappa shape index (κ3) is 6.22. The van der Waals surface area contributed by atoms with E-state index in [2.05, 4.69) is 63.5 Å². The van der Waals surface area contributed by atoms with Crippen LogP contribution in [0, 0.1) is 0 Å². The molecule has 0 aliphatic carbocycles. The highest BCUT2D eigenvalue weighted by molar-refractivity contribution is 5.76. The second kappa shape index (κ2) is 10.5. The van der Waals surface area contributed by atoms with E-state index in [4.69, 9.17) is 4.52 Å². The highest BCUT2D eigenvalue weighted by Crippen LogP contribution is 2.14. The van der Waals surface area contributed by atoms with Gasteiger partial charge in [0.05, 0.1) is 0 Å². The van der Waals surface area contributed by atoms with Crippen LogP contribution in [0.5, 0.6) is 0 Å². The molecule has 7 heteroatoms. The summed E-state index contributed by atoms with van der Waals surface area (Å²) in [5.41, 5.74) is 3.15. The van der Waals surface area contributed by atoms with Gasteiger partial charge in [-0.2, -0.15) is 4.98 Å². The Balaban J connectivity index is 1.43. The number of carbonyl (C=O) groups is 1. The van der Waals surface area contributed by atoms with Crippen LogP contribution in [0.1, 0.15) is 37.3 Å². The minimum atomic E-state index is -0.0432. The molecule has 7 nitrogen and oxygen atoms in total. The minimum absolute atomic E-state index is 0.0432. The molecule has 0 spiro atoms. The molecule has 0 fully saturated rings. The SMILES string of the molecule is CCN(CC)Cc1ccc(CNC(=O)CCc2nc(-c3cccnc3)no2)cc1. The maximum Gasteiger partial charge on any atom is 0.227 e. The van der Waals surface area contributed by atoms with E-state index in [-0.39, 0.29) is 5.91 Å². The van der Waals surface area contributed by atoms with Crippen LogP contribution in [-0.2, 0) is 24.3 Å². The Morgan fingerprint density at radius 1 is 1.10 bits per heavy atom. The molecule has 0 saturated carbocycles. The molecule has 3 rings (SSSR count). The van der Waals surface area contributed by atoms with E-state index < -0.39 is 0 Å². The molecule has 3 aromatic rings. The van der Waals surface area contributed by atoms with Gasteiger partial charge in [-0.05, 0) is 36.3 Å². The van der Waals surface area contributed by atoms with Crippen molar-refractivity contribution in [1.82, 2.24) is 25.3 Å². The molecule has 0 saturated heterocycles. The van der Waals surface area contributed by atoms with Crippen LogP contribution in [0.4, 0.5) is 0 Å². The molecule has 152 valence electrons. The Morgan fingerprint density at radius 3 is 2.55 bits per heavy atom. The van der Waals surface area contributed by atoms with Gasteiger partial charge in [-0.3, -0.25) is 14.7 Å². The Bertz CT molecular complexity index is 889. The van der Waals surface area contributed by atoms with Gasteiger partial charge in [-0.1, -0.05) is 43.3 Å². The van der Waals surface area contributed by atoms with Crippen LogP contribution < -0.4 is 5.32 Å². The van der Waals surface area contributed by atoms with E-state index in [1.807, 2.05) is 12.1 Å². The summed E-state index contributed by atoms with van der Waals surface area (Å²) < 4.78 is 5.22.